The Hall–Kier alpha value is -3.24. The number of aromatic nitrogens is 2. The fraction of sp³-hybridized carbons (Fsp3) is 0.286. The molecule has 3 N–H and O–H groups in total. The summed E-state index contributed by atoms with van der Waals surface area (Å²) in [5.74, 6) is -0.407. The van der Waals surface area contributed by atoms with E-state index in [9.17, 15) is 18.0 Å². The molecule has 0 atom stereocenters. The minimum absolute atomic E-state index is 0.0986. The summed E-state index contributed by atoms with van der Waals surface area (Å²) in [5, 5.41) is 5.61. The molecule has 31 heavy (non-hydrogen) atoms. The Morgan fingerprint density at radius 3 is 2.48 bits per heavy atom. The van der Waals surface area contributed by atoms with Gasteiger partial charge in [0.25, 0.3) is 5.91 Å². The van der Waals surface area contributed by atoms with E-state index in [1.165, 1.54) is 23.4 Å². The number of nitrogens with one attached hydrogen (secondary N) is 3. The van der Waals surface area contributed by atoms with Crippen LogP contribution in [0.2, 0.25) is 0 Å². The molecule has 1 fully saturated rings. The maximum Gasteiger partial charge on any atom is 0.251 e. The molecule has 10 heteroatoms. The van der Waals surface area contributed by atoms with Gasteiger partial charge in [-0.05, 0) is 55.3 Å². The summed E-state index contributed by atoms with van der Waals surface area (Å²) >= 11 is 0. The van der Waals surface area contributed by atoms with Crippen molar-refractivity contribution in [3.63, 3.8) is 0 Å². The summed E-state index contributed by atoms with van der Waals surface area (Å²) < 4.78 is 27.3. The Balaban J connectivity index is 1.36. The number of benzene rings is 2. The molecule has 0 unspecified atom stereocenters. The van der Waals surface area contributed by atoms with Gasteiger partial charge in [0.1, 0.15) is 0 Å². The Morgan fingerprint density at radius 2 is 1.81 bits per heavy atom. The van der Waals surface area contributed by atoms with Crippen LogP contribution < -0.4 is 10.6 Å². The molecule has 4 rings (SSSR count). The van der Waals surface area contributed by atoms with Gasteiger partial charge in [-0.15, -0.1) is 0 Å². The van der Waals surface area contributed by atoms with E-state index in [1.807, 2.05) is 0 Å². The molecule has 0 saturated carbocycles. The summed E-state index contributed by atoms with van der Waals surface area (Å²) in [6, 6.07) is 11.3. The van der Waals surface area contributed by atoms with Gasteiger partial charge in [0.05, 0.1) is 22.3 Å². The van der Waals surface area contributed by atoms with E-state index in [-0.39, 0.29) is 22.8 Å². The molecule has 1 saturated heterocycles. The molecule has 3 aromatic rings. The smallest absolute Gasteiger partial charge is 0.251 e. The number of nitrogens with zero attached hydrogens (tertiary/aromatic N) is 2. The predicted octanol–water partition coefficient (Wildman–Crippen LogP) is 2.10. The van der Waals surface area contributed by atoms with Crippen molar-refractivity contribution in [1.29, 1.82) is 0 Å². The lowest BCUT2D eigenvalue weighted by molar-refractivity contribution is -0.114. The summed E-state index contributed by atoms with van der Waals surface area (Å²) in [6.07, 6.45) is 2.64. The molecule has 0 aliphatic carbocycles. The minimum Gasteiger partial charge on any atom is -0.349 e. The van der Waals surface area contributed by atoms with Crippen molar-refractivity contribution >= 4 is 38.6 Å². The fourth-order valence-electron chi connectivity index (χ4n) is 3.65. The van der Waals surface area contributed by atoms with Crippen molar-refractivity contribution in [1.82, 2.24) is 19.6 Å². The van der Waals surface area contributed by atoms with Gasteiger partial charge >= 0.3 is 0 Å². The number of piperidine rings is 1. The number of imidazole rings is 1. The minimum atomic E-state index is -3.63. The van der Waals surface area contributed by atoms with Crippen LogP contribution in [-0.2, 0) is 14.8 Å². The maximum atomic E-state index is 12.9. The lowest BCUT2D eigenvalue weighted by Crippen LogP contribution is -2.46. The average molecular weight is 442 g/mol. The molecule has 2 amide bonds. The summed E-state index contributed by atoms with van der Waals surface area (Å²) in [4.78, 5) is 31.0. The third kappa shape index (κ3) is 4.59. The second kappa shape index (κ2) is 8.48. The van der Waals surface area contributed by atoms with Crippen LogP contribution in [0.3, 0.4) is 0 Å². The Kier molecular flexibility index (Phi) is 5.75. The first-order chi connectivity index (χ1) is 14.8. The van der Waals surface area contributed by atoms with Gasteiger partial charge in [-0.25, -0.2) is 13.4 Å². The number of H-pyrrole nitrogens is 1. The Morgan fingerprint density at radius 1 is 1.10 bits per heavy atom. The largest absolute Gasteiger partial charge is 0.349 e. The van der Waals surface area contributed by atoms with Crippen LogP contribution in [-0.4, -0.2) is 53.6 Å². The monoisotopic (exact) mass is 441 g/mol. The molecule has 0 spiro atoms. The highest BCUT2D eigenvalue weighted by molar-refractivity contribution is 7.89. The van der Waals surface area contributed by atoms with Crippen LogP contribution in [0.1, 0.15) is 30.1 Å². The quantitative estimate of drug-likeness (QED) is 0.559. The molecular formula is C21H23N5O4S. The number of carbonyl (C=O) groups is 2. The molecule has 9 nitrogen and oxygen atoms in total. The Bertz CT molecular complexity index is 1210. The molecule has 162 valence electrons. The van der Waals surface area contributed by atoms with E-state index in [1.54, 1.807) is 36.7 Å². The van der Waals surface area contributed by atoms with Gasteiger partial charge in [0.2, 0.25) is 15.9 Å². The lowest BCUT2D eigenvalue weighted by atomic mass is 10.1. The van der Waals surface area contributed by atoms with Gasteiger partial charge in [0, 0.05) is 37.3 Å². The average Bonchev–Trinajstić information content (AvgIpc) is 3.22. The first-order valence-corrected chi connectivity index (χ1v) is 11.4. The van der Waals surface area contributed by atoms with E-state index in [0.717, 1.165) is 11.0 Å². The number of hydrogen-bond donors (Lipinski definition) is 3. The molecule has 1 aromatic heterocycles. The maximum absolute atomic E-state index is 12.9. The topological polar surface area (TPSA) is 124 Å². The standard InChI is InChI=1S/C21H23N5O4S/c1-14(27)24-16-3-5-18(6-4-16)31(29,30)26-10-8-17(9-11-26)25-21(28)15-2-7-19-20(12-15)23-13-22-19/h2-7,12-13,17H,8-11H2,1H3,(H,22,23)(H,24,27)(H,25,28). The van der Waals surface area contributed by atoms with Gasteiger partial charge in [-0.1, -0.05) is 0 Å². The van der Waals surface area contributed by atoms with Crippen molar-refractivity contribution in [3.8, 4) is 0 Å². The molecule has 2 heterocycles. The van der Waals surface area contributed by atoms with Crippen molar-refractivity contribution in [2.45, 2.75) is 30.7 Å². The van der Waals surface area contributed by atoms with Crippen molar-refractivity contribution in [2.24, 2.45) is 0 Å². The number of hydrogen-bond acceptors (Lipinski definition) is 5. The highest BCUT2D eigenvalue weighted by Crippen LogP contribution is 2.22. The highest BCUT2D eigenvalue weighted by atomic mass is 32.2. The molecule has 2 aromatic carbocycles. The molecule has 0 bridgehead atoms. The molecule has 1 aliphatic rings. The van der Waals surface area contributed by atoms with E-state index in [2.05, 4.69) is 20.6 Å². The lowest BCUT2D eigenvalue weighted by Gasteiger charge is -2.31. The van der Waals surface area contributed by atoms with Crippen LogP contribution in [0.25, 0.3) is 11.0 Å². The number of fused-ring (bicyclic) bond motifs is 1. The first-order valence-electron chi connectivity index (χ1n) is 9.95. The zero-order valence-electron chi connectivity index (χ0n) is 17.0. The van der Waals surface area contributed by atoms with Gasteiger partial charge in [-0.2, -0.15) is 4.31 Å². The summed E-state index contributed by atoms with van der Waals surface area (Å²) in [5.41, 5.74) is 2.66. The third-order valence-corrected chi connectivity index (χ3v) is 7.20. The zero-order valence-corrected chi connectivity index (χ0v) is 17.8. The van der Waals surface area contributed by atoms with Crippen LogP contribution in [0.4, 0.5) is 5.69 Å². The molecular weight excluding hydrogens is 418 g/mol. The second-order valence-corrected chi connectivity index (χ2v) is 9.43. The SMILES string of the molecule is CC(=O)Nc1ccc(S(=O)(=O)N2CCC(NC(=O)c3ccc4nc[nH]c4c3)CC2)cc1. The molecule has 1 aliphatic heterocycles. The number of amides is 2. The predicted molar refractivity (Wildman–Crippen MR) is 116 cm³/mol. The number of anilines is 1. The van der Waals surface area contributed by atoms with E-state index in [4.69, 9.17) is 0 Å². The number of carbonyl (C=O) groups excluding carboxylic acids is 2. The second-order valence-electron chi connectivity index (χ2n) is 7.49. The molecule has 0 radical (unpaired) electrons. The zero-order chi connectivity index (χ0) is 22.0. The van der Waals surface area contributed by atoms with Crippen molar-refractivity contribution in [3.05, 3.63) is 54.4 Å². The normalized spacial score (nSPS) is 15.6. The van der Waals surface area contributed by atoms with Gasteiger partial charge < -0.3 is 15.6 Å². The van der Waals surface area contributed by atoms with Gasteiger partial charge in [0.15, 0.2) is 0 Å². The van der Waals surface area contributed by atoms with Crippen LogP contribution in [0.5, 0.6) is 0 Å². The highest BCUT2D eigenvalue weighted by Gasteiger charge is 2.30. The van der Waals surface area contributed by atoms with Crippen LogP contribution in [0, 0.1) is 0 Å². The summed E-state index contributed by atoms with van der Waals surface area (Å²) in [7, 11) is -3.63. The summed E-state index contributed by atoms with van der Waals surface area (Å²) in [6.45, 7) is 2.03. The van der Waals surface area contributed by atoms with E-state index < -0.39 is 10.0 Å². The third-order valence-electron chi connectivity index (χ3n) is 5.28. The first kappa shape index (κ1) is 21.0. The fourth-order valence-corrected chi connectivity index (χ4v) is 5.12. The van der Waals surface area contributed by atoms with Crippen molar-refractivity contribution in [2.75, 3.05) is 18.4 Å². The van der Waals surface area contributed by atoms with Crippen molar-refractivity contribution < 1.29 is 18.0 Å². The van der Waals surface area contributed by atoms with E-state index in [0.29, 0.717) is 37.2 Å². The number of rotatable bonds is 5. The van der Waals surface area contributed by atoms with Gasteiger partial charge in [-0.3, -0.25) is 9.59 Å². The number of aromatic amines is 1. The Labute approximate surface area is 179 Å². The number of sulfonamides is 1. The van der Waals surface area contributed by atoms with E-state index >= 15 is 0 Å². The van der Waals surface area contributed by atoms with Crippen LogP contribution >= 0.6 is 0 Å². The van der Waals surface area contributed by atoms with Crippen LogP contribution in [0.15, 0.2) is 53.7 Å².